The molecule has 1 aromatic carbocycles. The highest BCUT2D eigenvalue weighted by molar-refractivity contribution is 7.14. The molecule has 0 N–H and O–H groups in total. The SMILES string of the molecule is Cn1c(=O)sc2nc(-c3ccccc3)cn2c1=O. The minimum atomic E-state index is -0.372. The molecule has 0 fully saturated rings. The average Bonchev–Trinajstić information content (AvgIpc) is 2.81. The molecule has 0 atom stereocenters. The molecule has 3 rings (SSSR count). The molecule has 6 heteroatoms. The number of rotatable bonds is 1. The maximum atomic E-state index is 11.9. The molecule has 18 heavy (non-hydrogen) atoms. The first-order valence-corrected chi connectivity index (χ1v) is 6.13. The van der Waals surface area contributed by atoms with Crippen LogP contribution in [0.5, 0.6) is 0 Å². The molecule has 0 aliphatic carbocycles. The van der Waals surface area contributed by atoms with Gasteiger partial charge in [0.25, 0.3) is 0 Å². The lowest BCUT2D eigenvalue weighted by Gasteiger charge is -1.94. The molecule has 0 aliphatic heterocycles. The van der Waals surface area contributed by atoms with Gasteiger partial charge in [-0.25, -0.2) is 14.2 Å². The van der Waals surface area contributed by atoms with E-state index in [1.165, 1.54) is 11.4 Å². The van der Waals surface area contributed by atoms with Gasteiger partial charge in [0.1, 0.15) is 0 Å². The van der Waals surface area contributed by atoms with Crippen LogP contribution < -0.4 is 10.6 Å². The zero-order valence-corrected chi connectivity index (χ0v) is 10.3. The Morgan fingerprint density at radius 2 is 1.89 bits per heavy atom. The highest BCUT2D eigenvalue weighted by atomic mass is 32.1. The van der Waals surface area contributed by atoms with E-state index >= 15 is 0 Å². The summed E-state index contributed by atoms with van der Waals surface area (Å²) in [7, 11) is 1.46. The van der Waals surface area contributed by atoms with Crippen molar-refractivity contribution in [2.45, 2.75) is 0 Å². The summed E-state index contributed by atoms with van der Waals surface area (Å²) in [5.41, 5.74) is 1.24. The summed E-state index contributed by atoms with van der Waals surface area (Å²) >= 11 is 0.957. The lowest BCUT2D eigenvalue weighted by molar-refractivity contribution is 0.781. The molecular formula is C12H9N3O2S. The van der Waals surface area contributed by atoms with E-state index in [1.54, 1.807) is 6.20 Å². The Morgan fingerprint density at radius 3 is 2.61 bits per heavy atom. The highest BCUT2D eigenvalue weighted by Gasteiger charge is 2.09. The standard InChI is InChI=1S/C12H9N3O2S/c1-14-11(16)15-7-9(8-5-3-2-4-6-8)13-10(15)18-12(14)17/h2-7H,1H3. The lowest BCUT2D eigenvalue weighted by Crippen LogP contribution is -2.32. The van der Waals surface area contributed by atoms with Gasteiger partial charge < -0.3 is 0 Å². The van der Waals surface area contributed by atoms with Crippen molar-refractivity contribution in [2.75, 3.05) is 0 Å². The predicted octanol–water partition coefficient (Wildman–Crippen LogP) is 1.12. The van der Waals surface area contributed by atoms with Gasteiger partial charge >= 0.3 is 10.6 Å². The summed E-state index contributed by atoms with van der Waals surface area (Å²) in [4.78, 5) is 27.8. The van der Waals surface area contributed by atoms with Crippen molar-refractivity contribution in [3.05, 3.63) is 56.7 Å². The van der Waals surface area contributed by atoms with Crippen LogP contribution in [0.2, 0.25) is 0 Å². The van der Waals surface area contributed by atoms with E-state index < -0.39 is 0 Å². The van der Waals surface area contributed by atoms with Crippen LogP contribution in [-0.4, -0.2) is 14.0 Å². The fraction of sp³-hybridized carbons (Fsp3) is 0.0833. The van der Waals surface area contributed by atoms with Gasteiger partial charge in [0.15, 0.2) is 0 Å². The Hall–Kier alpha value is -2.21. The minimum Gasteiger partial charge on any atom is -0.256 e. The summed E-state index contributed by atoms with van der Waals surface area (Å²) in [6, 6.07) is 9.54. The van der Waals surface area contributed by atoms with E-state index in [2.05, 4.69) is 4.98 Å². The highest BCUT2D eigenvalue weighted by Crippen LogP contribution is 2.17. The van der Waals surface area contributed by atoms with Crippen LogP contribution in [0.15, 0.2) is 46.1 Å². The summed E-state index contributed by atoms with van der Waals surface area (Å²) in [5.74, 6) is 0. The first kappa shape index (κ1) is 10.9. The van der Waals surface area contributed by atoms with Crippen molar-refractivity contribution in [2.24, 2.45) is 7.05 Å². The van der Waals surface area contributed by atoms with Crippen LogP contribution in [0.25, 0.3) is 16.2 Å². The molecule has 90 valence electrons. The molecule has 0 unspecified atom stereocenters. The van der Waals surface area contributed by atoms with Crippen molar-refractivity contribution >= 4 is 16.3 Å². The van der Waals surface area contributed by atoms with Crippen molar-refractivity contribution in [3.8, 4) is 11.3 Å². The van der Waals surface area contributed by atoms with Crippen LogP contribution in [0.1, 0.15) is 0 Å². The summed E-state index contributed by atoms with van der Waals surface area (Å²) in [5, 5.41) is 0. The molecule has 0 bridgehead atoms. The van der Waals surface area contributed by atoms with Gasteiger partial charge in [-0.05, 0) is 11.3 Å². The van der Waals surface area contributed by atoms with Crippen molar-refractivity contribution in [3.63, 3.8) is 0 Å². The van der Waals surface area contributed by atoms with Crippen LogP contribution >= 0.6 is 11.3 Å². The number of imidazole rings is 1. The Morgan fingerprint density at radius 1 is 1.17 bits per heavy atom. The second kappa shape index (κ2) is 3.92. The van der Waals surface area contributed by atoms with Gasteiger partial charge in [0, 0.05) is 18.8 Å². The average molecular weight is 259 g/mol. The summed E-state index contributed by atoms with van der Waals surface area (Å²) in [6.07, 6.45) is 1.66. The van der Waals surface area contributed by atoms with Crippen LogP contribution in [0.3, 0.4) is 0 Å². The number of hydrogen-bond donors (Lipinski definition) is 0. The quantitative estimate of drug-likeness (QED) is 0.658. The Bertz CT molecular complexity index is 830. The molecule has 0 aliphatic rings. The third-order valence-corrected chi connectivity index (χ3v) is 3.61. The van der Waals surface area contributed by atoms with E-state index in [0.29, 0.717) is 10.7 Å². The first-order valence-electron chi connectivity index (χ1n) is 5.31. The zero-order valence-electron chi connectivity index (χ0n) is 9.53. The van der Waals surface area contributed by atoms with E-state index in [-0.39, 0.29) is 10.6 Å². The number of nitrogens with zero attached hydrogens (tertiary/aromatic N) is 3. The molecule has 0 saturated carbocycles. The zero-order chi connectivity index (χ0) is 12.7. The fourth-order valence-electron chi connectivity index (χ4n) is 1.71. The second-order valence-electron chi connectivity index (χ2n) is 3.85. The topological polar surface area (TPSA) is 56.4 Å². The molecule has 2 heterocycles. The van der Waals surface area contributed by atoms with E-state index in [1.807, 2.05) is 30.3 Å². The van der Waals surface area contributed by atoms with Gasteiger partial charge in [0.05, 0.1) is 5.69 Å². The Labute approximate surface area is 106 Å². The molecule has 0 amide bonds. The summed E-state index contributed by atoms with van der Waals surface area (Å²) < 4.78 is 2.47. The Balaban J connectivity index is 2.34. The monoisotopic (exact) mass is 259 g/mol. The smallest absolute Gasteiger partial charge is 0.256 e. The third kappa shape index (κ3) is 1.58. The van der Waals surface area contributed by atoms with Gasteiger partial charge in [-0.2, -0.15) is 0 Å². The van der Waals surface area contributed by atoms with E-state index in [4.69, 9.17) is 0 Å². The largest absolute Gasteiger partial charge is 0.337 e. The molecule has 0 spiro atoms. The van der Waals surface area contributed by atoms with Crippen molar-refractivity contribution in [1.82, 2.24) is 14.0 Å². The molecule has 0 radical (unpaired) electrons. The van der Waals surface area contributed by atoms with E-state index in [9.17, 15) is 9.59 Å². The summed E-state index contributed by atoms with van der Waals surface area (Å²) in [6.45, 7) is 0. The van der Waals surface area contributed by atoms with E-state index in [0.717, 1.165) is 21.5 Å². The number of hydrogen-bond acceptors (Lipinski definition) is 4. The number of benzene rings is 1. The van der Waals surface area contributed by atoms with Crippen LogP contribution in [0.4, 0.5) is 0 Å². The maximum absolute atomic E-state index is 11.9. The fourth-order valence-corrected chi connectivity index (χ4v) is 2.45. The predicted molar refractivity (Wildman–Crippen MR) is 70.0 cm³/mol. The van der Waals surface area contributed by atoms with Crippen molar-refractivity contribution in [1.29, 1.82) is 0 Å². The Kier molecular flexibility index (Phi) is 2.38. The van der Waals surface area contributed by atoms with Gasteiger partial charge in [-0.15, -0.1) is 0 Å². The van der Waals surface area contributed by atoms with Gasteiger partial charge in [-0.3, -0.25) is 9.36 Å². The normalized spacial score (nSPS) is 10.9. The molecule has 5 nitrogen and oxygen atoms in total. The molecule has 3 aromatic rings. The lowest BCUT2D eigenvalue weighted by atomic mass is 10.2. The molecule has 2 aromatic heterocycles. The minimum absolute atomic E-state index is 0.308. The van der Waals surface area contributed by atoms with Gasteiger partial charge in [0.2, 0.25) is 4.96 Å². The number of fused-ring (bicyclic) bond motifs is 1. The number of aromatic nitrogens is 3. The maximum Gasteiger partial charge on any atom is 0.337 e. The second-order valence-corrected chi connectivity index (χ2v) is 4.77. The van der Waals surface area contributed by atoms with Crippen molar-refractivity contribution < 1.29 is 0 Å². The van der Waals surface area contributed by atoms with Gasteiger partial charge in [-0.1, -0.05) is 30.3 Å². The van der Waals surface area contributed by atoms with Crippen LogP contribution in [-0.2, 0) is 7.05 Å². The first-order chi connectivity index (χ1) is 8.66. The van der Waals surface area contributed by atoms with Crippen LogP contribution in [0, 0.1) is 0 Å². The molecule has 0 saturated heterocycles. The third-order valence-electron chi connectivity index (χ3n) is 2.69. The molecular weight excluding hydrogens is 250 g/mol.